The fraction of sp³-hybridized carbons (Fsp3) is 0.727. The average molecular weight is 318 g/mol. The van der Waals surface area contributed by atoms with E-state index in [-0.39, 0.29) is 0 Å². The lowest BCUT2D eigenvalue weighted by atomic mass is 10.0. The van der Waals surface area contributed by atoms with Crippen LogP contribution in [-0.2, 0) is 6.42 Å². The summed E-state index contributed by atoms with van der Waals surface area (Å²) in [4.78, 5) is 2.41. The first kappa shape index (κ1) is 20.2. The van der Waals surface area contributed by atoms with Crippen molar-refractivity contribution >= 4 is 0 Å². The SMILES string of the molecule is CCN(C)CCCCCCCCCCCCCc1ccccc1. The first-order valence-electron chi connectivity index (χ1n) is 10.1. The molecule has 0 N–H and O–H groups in total. The highest BCUT2D eigenvalue weighted by molar-refractivity contribution is 5.14. The lowest BCUT2D eigenvalue weighted by Crippen LogP contribution is -2.18. The van der Waals surface area contributed by atoms with Gasteiger partial charge < -0.3 is 4.90 Å². The van der Waals surface area contributed by atoms with E-state index < -0.39 is 0 Å². The summed E-state index contributed by atoms with van der Waals surface area (Å²) in [6, 6.07) is 10.9. The second kappa shape index (κ2) is 14.8. The summed E-state index contributed by atoms with van der Waals surface area (Å²) in [5.41, 5.74) is 1.50. The summed E-state index contributed by atoms with van der Waals surface area (Å²) in [7, 11) is 2.22. The first-order valence-corrected chi connectivity index (χ1v) is 10.1. The molecule has 1 aromatic carbocycles. The van der Waals surface area contributed by atoms with Crippen molar-refractivity contribution in [2.24, 2.45) is 0 Å². The van der Waals surface area contributed by atoms with E-state index in [0.717, 1.165) is 0 Å². The molecule has 0 aliphatic carbocycles. The topological polar surface area (TPSA) is 3.24 Å². The van der Waals surface area contributed by atoms with E-state index in [1.54, 1.807) is 0 Å². The smallest absolute Gasteiger partial charge is 0.00219 e. The minimum Gasteiger partial charge on any atom is -0.307 e. The molecule has 0 unspecified atom stereocenters. The molecule has 0 saturated heterocycles. The molecule has 0 fully saturated rings. The van der Waals surface area contributed by atoms with Crippen LogP contribution in [0.4, 0.5) is 0 Å². The molecule has 0 radical (unpaired) electrons. The summed E-state index contributed by atoms with van der Waals surface area (Å²) in [5.74, 6) is 0. The maximum atomic E-state index is 2.41. The van der Waals surface area contributed by atoms with Crippen molar-refractivity contribution in [2.75, 3.05) is 20.1 Å². The van der Waals surface area contributed by atoms with Crippen molar-refractivity contribution in [2.45, 2.75) is 84.0 Å². The van der Waals surface area contributed by atoms with Gasteiger partial charge in [-0.15, -0.1) is 0 Å². The standard InChI is InChI=1S/C22H39N/c1-3-23(2)21-17-12-10-8-6-4-5-7-9-11-14-18-22-19-15-13-16-20-22/h13,15-16,19-20H,3-12,14,17-18,21H2,1-2H3. The Balaban J connectivity index is 1.75. The maximum Gasteiger partial charge on any atom is -0.00219 e. The highest BCUT2D eigenvalue weighted by atomic mass is 15.1. The summed E-state index contributed by atoms with van der Waals surface area (Å²) in [6.07, 6.45) is 16.9. The van der Waals surface area contributed by atoms with Gasteiger partial charge in [-0.1, -0.05) is 95.0 Å². The largest absolute Gasteiger partial charge is 0.307 e. The van der Waals surface area contributed by atoms with Gasteiger partial charge in [-0.2, -0.15) is 0 Å². The second-order valence-corrected chi connectivity index (χ2v) is 7.02. The number of rotatable bonds is 15. The second-order valence-electron chi connectivity index (χ2n) is 7.02. The molecular weight excluding hydrogens is 278 g/mol. The summed E-state index contributed by atoms with van der Waals surface area (Å²) >= 11 is 0. The van der Waals surface area contributed by atoms with Gasteiger partial charge in [0.05, 0.1) is 0 Å². The third-order valence-electron chi connectivity index (χ3n) is 4.89. The van der Waals surface area contributed by atoms with E-state index >= 15 is 0 Å². The number of aryl methyl sites for hydroxylation is 1. The lowest BCUT2D eigenvalue weighted by molar-refractivity contribution is 0.340. The van der Waals surface area contributed by atoms with E-state index in [1.165, 1.54) is 95.7 Å². The molecular formula is C22H39N. The van der Waals surface area contributed by atoms with E-state index in [2.05, 4.69) is 49.2 Å². The van der Waals surface area contributed by atoms with Crippen LogP contribution >= 0.6 is 0 Å². The van der Waals surface area contributed by atoms with Crippen molar-refractivity contribution in [3.05, 3.63) is 35.9 Å². The molecule has 23 heavy (non-hydrogen) atoms. The van der Waals surface area contributed by atoms with Gasteiger partial charge in [0.15, 0.2) is 0 Å². The molecule has 1 nitrogen and oxygen atoms in total. The zero-order valence-corrected chi connectivity index (χ0v) is 15.7. The van der Waals surface area contributed by atoms with Gasteiger partial charge in [0.25, 0.3) is 0 Å². The van der Waals surface area contributed by atoms with Gasteiger partial charge in [0.1, 0.15) is 0 Å². The molecule has 0 spiro atoms. The molecule has 0 atom stereocenters. The summed E-state index contributed by atoms with van der Waals surface area (Å²) in [5, 5.41) is 0. The number of nitrogens with zero attached hydrogens (tertiary/aromatic N) is 1. The van der Waals surface area contributed by atoms with E-state index in [4.69, 9.17) is 0 Å². The zero-order valence-electron chi connectivity index (χ0n) is 15.7. The van der Waals surface area contributed by atoms with Gasteiger partial charge in [0.2, 0.25) is 0 Å². The summed E-state index contributed by atoms with van der Waals surface area (Å²) < 4.78 is 0. The predicted molar refractivity (Wildman–Crippen MR) is 104 cm³/mol. The van der Waals surface area contributed by atoms with Crippen LogP contribution in [0.25, 0.3) is 0 Å². The maximum absolute atomic E-state index is 2.41. The van der Waals surface area contributed by atoms with Crippen molar-refractivity contribution in [3.63, 3.8) is 0 Å². The monoisotopic (exact) mass is 317 g/mol. The predicted octanol–water partition coefficient (Wildman–Crippen LogP) is 6.47. The summed E-state index contributed by atoms with van der Waals surface area (Å²) in [6.45, 7) is 4.70. The molecule has 0 amide bonds. The lowest BCUT2D eigenvalue weighted by Gasteiger charge is -2.12. The van der Waals surface area contributed by atoms with Crippen LogP contribution in [0.1, 0.15) is 83.1 Å². The Labute approximate surface area is 145 Å². The Bertz CT molecular complexity index is 346. The van der Waals surface area contributed by atoms with Crippen LogP contribution < -0.4 is 0 Å². The zero-order chi connectivity index (χ0) is 16.6. The average Bonchev–Trinajstić information content (AvgIpc) is 2.59. The quantitative estimate of drug-likeness (QED) is 0.335. The highest BCUT2D eigenvalue weighted by Gasteiger charge is 1.96. The van der Waals surface area contributed by atoms with Crippen LogP contribution in [0.5, 0.6) is 0 Å². The van der Waals surface area contributed by atoms with Gasteiger partial charge in [-0.05, 0) is 45.0 Å². The van der Waals surface area contributed by atoms with Crippen molar-refractivity contribution in [3.8, 4) is 0 Å². The Morgan fingerprint density at radius 3 is 1.65 bits per heavy atom. The van der Waals surface area contributed by atoms with Crippen LogP contribution in [0.2, 0.25) is 0 Å². The Morgan fingerprint density at radius 2 is 1.13 bits per heavy atom. The molecule has 1 rings (SSSR count). The minimum atomic E-state index is 1.19. The molecule has 0 aromatic heterocycles. The van der Waals surface area contributed by atoms with Gasteiger partial charge in [-0.25, -0.2) is 0 Å². The molecule has 1 aromatic rings. The van der Waals surface area contributed by atoms with Crippen molar-refractivity contribution in [1.82, 2.24) is 4.90 Å². The Hall–Kier alpha value is -0.820. The molecule has 0 aliphatic heterocycles. The third kappa shape index (κ3) is 12.3. The number of hydrogen-bond acceptors (Lipinski definition) is 1. The Morgan fingerprint density at radius 1 is 0.652 bits per heavy atom. The van der Waals surface area contributed by atoms with Crippen LogP contribution in [0.15, 0.2) is 30.3 Å². The van der Waals surface area contributed by atoms with E-state index in [0.29, 0.717) is 0 Å². The molecule has 0 aliphatic rings. The number of benzene rings is 1. The normalized spacial score (nSPS) is 11.3. The van der Waals surface area contributed by atoms with E-state index in [1.807, 2.05) is 0 Å². The number of unbranched alkanes of at least 4 members (excludes halogenated alkanes) is 10. The van der Waals surface area contributed by atoms with Crippen molar-refractivity contribution < 1.29 is 0 Å². The van der Waals surface area contributed by atoms with Crippen LogP contribution in [0, 0.1) is 0 Å². The molecule has 0 heterocycles. The molecule has 0 saturated carbocycles. The van der Waals surface area contributed by atoms with Crippen LogP contribution in [0.3, 0.4) is 0 Å². The van der Waals surface area contributed by atoms with Gasteiger partial charge in [-0.3, -0.25) is 0 Å². The Kier molecular flexibility index (Phi) is 13.0. The molecule has 132 valence electrons. The van der Waals surface area contributed by atoms with E-state index in [9.17, 15) is 0 Å². The number of hydrogen-bond donors (Lipinski definition) is 0. The van der Waals surface area contributed by atoms with Gasteiger partial charge >= 0.3 is 0 Å². The highest BCUT2D eigenvalue weighted by Crippen LogP contribution is 2.13. The van der Waals surface area contributed by atoms with Crippen molar-refractivity contribution in [1.29, 1.82) is 0 Å². The minimum absolute atomic E-state index is 1.19. The third-order valence-corrected chi connectivity index (χ3v) is 4.89. The van der Waals surface area contributed by atoms with Gasteiger partial charge in [0, 0.05) is 0 Å². The molecule has 1 heteroatoms. The molecule has 0 bridgehead atoms. The fourth-order valence-electron chi connectivity index (χ4n) is 3.10. The first-order chi connectivity index (χ1) is 11.3. The fourth-order valence-corrected chi connectivity index (χ4v) is 3.10. The van der Waals surface area contributed by atoms with Crippen LogP contribution in [-0.4, -0.2) is 25.0 Å².